The highest BCUT2D eigenvalue weighted by atomic mass is 19.1. The summed E-state index contributed by atoms with van der Waals surface area (Å²) in [6.07, 6.45) is 7.57. The molecular weight excluding hydrogens is 435 g/mol. The van der Waals surface area contributed by atoms with Crippen LogP contribution < -0.4 is 21.1 Å². The molecule has 0 aliphatic carbocycles. The summed E-state index contributed by atoms with van der Waals surface area (Å²) < 4.78 is 20.2. The van der Waals surface area contributed by atoms with Crippen LogP contribution in [0.5, 0.6) is 5.75 Å². The number of hydrogen-bond donors (Lipinski definition) is 2. The van der Waals surface area contributed by atoms with Gasteiger partial charge in [0.2, 0.25) is 0 Å². The summed E-state index contributed by atoms with van der Waals surface area (Å²) in [7, 11) is 0. The monoisotopic (exact) mass is 464 g/mol. The van der Waals surface area contributed by atoms with E-state index in [1.807, 2.05) is 13.0 Å². The van der Waals surface area contributed by atoms with Gasteiger partial charge in [0.05, 0.1) is 24.1 Å². The van der Waals surface area contributed by atoms with E-state index in [9.17, 15) is 9.18 Å². The van der Waals surface area contributed by atoms with E-state index in [0.717, 1.165) is 43.6 Å². The smallest absolute Gasteiger partial charge is 0.187 e. The fraction of sp³-hybridized carbons (Fsp3) is 0.360. The van der Waals surface area contributed by atoms with E-state index in [2.05, 4.69) is 19.9 Å². The van der Waals surface area contributed by atoms with E-state index in [0.29, 0.717) is 12.4 Å². The largest absolute Gasteiger partial charge is 0.494 e. The zero-order valence-electron chi connectivity index (χ0n) is 19.2. The van der Waals surface area contributed by atoms with Gasteiger partial charge in [-0.25, -0.2) is 14.4 Å². The molecule has 0 radical (unpaired) electrons. The molecule has 178 valence electrons. The first kappa shape index (κ1) is 23.6. The predicted molar refractivity (Wildman–Crippen MR) is 129 cm³/mol. The number of ether oxygens (including phenoxy) is 1. The first-order chi connectivity index (χ1) is 16.5. The second-order valence-corrected chi connectivity index (χ2v) is 8.44. The Balaban J connectivity index is 1.61. The summed E-state index contributed by atoms with van der Waals surface area (Å²) in [5.74, 6) is -0.227. The van der Waals surface area contributed by atoms with Crippen molar-refractivity contribution in [2.45, 2.75) is 38.6 Å². The van der Waals surface area contributed by atoms with Gasteiger partial charge in [-0.2, -0.15) is 0 Å². The lowest BCUT2D eigenvalue weighted by Gasteiger charge is -2.33. The number of nitrogen functional groups attached to an aromatic ring is 1. The standard InChI is InChI=1S/C25H29FN6O2/c1-2-10-34-18-5-6-20(26)19(12-18)25-30-14-21(28)24(31-25)23(33)11-16-13-29-8-7-22(16)32-9-3-4-17(27)15-32/h5-8,12-14,17H,2-4,9-11,15,27-28H2,1H3/t17-/m0/s1. The fourth-order valence-electron chi connectivity index (χ4n) is 4.08. The lowest BCUT2D eigenvalue weighted by atomic mass is 10.0. The van der Waals surface area contributed by atoms with Crippen LogP contribution in [0.25, 0.3) is 11.4 Å². The third-order valence-electron chi connectivity index (χ3n) is 5.76. The van der Waals surface area contributed by atoms with Gasteiger partial charge in [-0.3, -0.25) is 9.78 Å². The van der Waals surface area contributed by atoms with Crippen LogP contribution in [-0.2, 0) is 6.42 Å². The van der Waals surface area contributed by atoms with Crippen molar-refractivity contribution in [3.63, 3.8) is 0 Å². The van der Waals surface area contributed by atoms with Crippen molar-refractivity contribution in [3.8, 4) is 17.1 Å². The number of benzene rings is 1. The molecule has 9 heteroatoms. The maximum Gasteiger partial charge on any atom is 0.187 e. The molecule has 0 unspecified atom stereocenters. The molecule has 4 N–H and O–H groups in total. The van der Waals surface area contributed by atoms with Crippen molar-refractivity contribution in [2.24, 2.45) is 5.73 Å². The van der Waals surface area contributed by atoms with Crippen LogP contribution in [0.4, 0.5) is 15.8 Å². The Morgan fingerprint density at radius 2 is 2.15 bits per heavy atom. The molecular formula is C25H29FN6O2. The Kier molecular flexibility index (Phi) is 7.32. The molecule has 3 heterocycles. The van der Waals surface area contributed by atoms with Crippen molar-refractivity contribution >= 4 is 17.2 Å². The quantitative estimate of drug-likeness (QED) is 0.487. The summed E-state index contributed by atoms with van der Waals surface area (Å²) in [5, 5.41) is 0. The third kappa shape index (κ3) is 5.31. The van der Waals surface area contributed by atoms with Crippen LogP contribution in [-0.4, -0.2) is 46.5 Å². The average Bonchev–Trinajstić information content (AvgIpc) is 2.84. The molecule has 2 aromatic heterocycles. The fourth-order valence-corrected chi connectivity index (χ4v) is 4.08. The summed E-state index contributed by atoms with van der Waals surface area (Å²) >= 11 is 0. The maximum absolute atomic E-state index is 14.6. The molecule has 1 aliphatic rings. The molecule has 4 rings (SSSR count). The molecule has 0 bridgehead atoms. The molecule has 1 atom stereocenters. The molecule has 1 aliphatic heterocycles. The van der Waals surface area contributed by atoms with E-state index in [4.69, 9.17) is 16.2 Å². The van der Waals surface area contributed by atoms with Crippen LogP contribution in [0.2, 0.25) is 0 Å². The second-order valence-electron chi connectivity index (χ2n) is 8.44. The van der Waals surface area contributed by atoms with E-state index < -0.39 is 5.82 Å². The highest BCUT2D eigenvalue weighted by Gasteiger charge is 2.22. The highest BCUT2D eigenvalue weighted by molar-refractivity contribution is 6.00. The number of rotatable bonds is 8. The molecule has 0 saturated carbocycles. The highest BCUT2D eigenvalue weighted by Crippen LogP contribution is 2.28. The molecule has 1 saturated heterocycles. The van der Waals surface area contributed by atoms with Crippen molar-refractivity contribution in [2.75, 3.05) is 30.3 Å². The first-order valence-corrected chi connectivity index (χ1v) is 11.5. The van der Waals surface area contributed by atoms with Gasteiger partial charge in [0.1, 0.15) is 17.3 Å². The van der Waals surface area contributed by atoms with Gasteiger partial charge in [0, 0.05) is 49.2 Å². The summed E-state index contributed by atoms with van der Waals surface area (Å²) in [6.45, 7) is 4.08. The van der Waals surface area contributed by atoms with E-state index >= 15 is 0 Å². The van der Waals surface area contributed by atoms with Crippen molar-refractivity contribution < 1.29 is 13.9 Å². The third-order valence-corrected chi connectivity index (χ3v) is 5.76. The zero-order chi connectivity index (χ0) is 24.1. The number of nitrogens with two attached hydrogens (primary N) is 2. The molecule has 0 amide bonds. The molecule has 1 fully saturated rings. The van der Waals surface area contributed by atoms with Crippen LogP contribution in [0.15, 0.2) is 42.9 Å². The van der Waals surface area contributed by atoms with Crippen LogP contribution in [0, 0.1) is 5.82 Å². The minimum atomic E-state index is -0.511. The Bertz CT molecular complexity index is 1170. The number of hydrogen-bond acceptors (Lipinski definition) is 8. The minimum Gasteiger partial charge on any atom is -0.494 e. The second kappa shape index (κ2) is 10.6. The van der Waals surface area contributed by atoms with E-state index in [1.165, 1.54) is 18.3 Å². The van der Waals surface area contributed by atoms with Crippen LogP contribution in [0.3, 0.4) is 0 Å². The predicted octanol–water partition coefficient (Wildman–Crippen LogP) is 3.40. The molecule has 0 spiro atoms. The Morgan fingerprint density at radius 1 is 1.29 bits per heavy atom. The van der Waals surface area contributed by atoms with Gasteiger partial charge in [0.25, 0.3) is 0 Å². The number of carbonyl (C=O) groups is 1. The molecule has 34 heavy (non-hydrogen) atoms. The van der Waals surface area contributed by atoms with Gasteiger partial charge >= 0.3 is 0 Å². The maximum atomic E-state index is 14.6. The van der Waals surface area contributed by atoms with Crippen LogP contribution >= 0.6 is 0 Å². The number of aromatic nitrogens is 3. The van der Waals surface area contributed by atoms with Gasteiger partial charge in [0.15, 0.2) is 11.6 Å². The van der Waals surface area contributed by atoms with Crippen molar-refractivity contribution in [1.82, 2.24) is 15.0 Å². The van der Waals surface area contributed by atoms with Gasteiger partial charge in [-0.05, 0) is 43.5 Å². The Hall–Kier alpha value is -3.59. The van der Waals surface area contributed by atoms with Gasteiger partial charge in [-0.15, -0.1) is 0 Å². The number of nitrogens with zero attached hydrogens (tertiary/aromatic N) is 4. The number of halogens is 1. The SMILES string of the molecule is CCCOc1ccc(F)c(-c2ncc(N)c(C(=O)Cc3cnccc3N3CCC[C@H](N)C3)n2)c1. The Labute approximate surface area is 198 Å². The van der Waals surface area contributed by atoms with Crippen molar-refractivity contribution in [3.05, 3.63) is 59.9 Å². The first-order valence-electron chi connectivity index (χ1n) is 11.5. The molecule has 3 aromatic rings. The number of ketones is 1. The minimum absolute atomic E-state index is 0.0504. The lowest BCUT2D eigenvalue weighted by Crippen LogP contribution is -2.43. The van der Waals surface area contributed by atoms with Crippen LogP contribution in [0.1, 0.15) is 42.2 Å². The molecule has 8 nitrogen and oxygen atoms in total. The number of pyridine rings is 1. The Morgan fingerprint density at radius 3 is 2.94 bits per heavy atom. The topological polar surface area (TPSA) is 120 Å². The normalized spacial score (nSPS) is 15.9. The number of piperidine rings is 1. The average molecular weight is 465 g/mol. The van der Waals surface area contributed by atoms with Crippen molar-refractivity contribution in [1.29, 1.82) is 0 Å². The zero-order valence-corrected chi connectivity index (χ0v) is 19.2. The van der Waals surface area contributed by atoms with Gasteiger partial charge in [-0.1, -0.05) is 6.92 Å². The molecule has 1 aromatic carbocycles. The number of carbonyl (C=O) groups excluding carboxylic acids is 1. The summed E-state index contributed by atoms with van der Waals surface area (Å²) in [5.41, 5.74) is 14.2. The lowest BCUT2D eigenvalue weighted by molar-refractivity contribution is 0.0989. The summed E-state index contributed by atoms with van der Waals surface area (Å²) in [4.78, 5) is 28.1. The van der Waals surface area contributed by atoms with E-state index in [-0.39, 0.29) is 41.0 Å². The number of anilines is 2. The summed E-state index contributed by atoms with van der Waals surface area (Å²) in [6, 6.07) is 6.37. The van der Waals surface area contributed by atoms with E-state index in [1.54, 1.807) is 18.5 Å². The number of Topliss-reactive ketones (excluding diaryl/α,β-unsaturated/α-hetero) is 1. The van der Waals surface area contributed by atoms with Gasteiger partial charge < -0.3 is 21.1 Å².